The van der Waals surface area contributed by atoms with E-state index in [0.717, 1.165) is 40.4 Å². The molecular weight excluding hydrogens is 342 g/mol. The van der Waals surface area contributed by atoms with Crippen molar-refractivity contribution >= 4 is 17.6 Å². The van der Waals surface area contributed by atoms with Gasteiger partial charge in [0.1, 0.15) is 5.82 Å². The van der Waals surface area contributed by atoms with Crippen LogP contribution in [0.4, 0.5) is 5.82 Å². The van der Waals surface area contributed by atoms with Crippen LogP contribution in [-0.4, -0.2) is 34.0 Å². The minimum atomic E-state index is 0.0734. The number of fused-ring (bicyclic) bond motifs is 3. The summed E-state index contributed by atoms with van der Waals surface area (Å²) in [5.74, 6) is 2.54. The average Bonchev–Trinajstić information content (AvgIpc) is 2.86. The first-order valence-corrected chi connectivity index (χ1v) is 9.79. The molecule has 0 unspecified atom stereocenters. The molecule has 2 heterocycles. The molecule has 0 amide bonds. The molecule has 2 aromatic carbocycles. The molecule has 1 aliphatic heterocycles. The van der Waals surface area contributed by atoms with Crippen LogP contribution in [0.2, 0.25) is 0 Å². The Bertz CT molecular complexity index is 925. The number of anilines is 1. The lowest BCUT2D eigenvalue weighted by atomic mass is 10.0. The van der Waals surface area contributed by atoms with Gasteiger partial charge in [0.05, 0.1) is 12.3 Å². The van der Waals surface area contributed by atoms with Gasteiger partial charge in [0, 0.05) is 33.9 Å². The van der Waals surface area contributed by atoms with Gasteiger partial charge < -0.3 is 10.4 Å². The lowest BCUT2D eigenvalue weighted by Crippen LogP contribution is -2.12. The van der Waals surface area contributed by atoms with Crippen LogP contribution in [0.3, 0.4) is 0 Å². The van der Waals surface area contributed by atoms with Crippen LogP contribution < -0.4 is 5.32 Å². The molecule has 0 fully saturated rings. The summed E-state index contributed by atoms with van der Waals surface area (Å²) < 4.78 is 0. The summed E-state index contributed by atoms with van der Waals surface area (Å²) in [4.78, 5) is 11.0. The van der Waals surface area contributed by atoms with Crippen molar-refractivity contribution in [3.63, 3.8) is 0 Å². The highest BCUT2D eigenvalue weighted by atomic mass is 32.2. The Balaban J connectivity index is 1.91. The van der Waals surface area contributed by atoms with E-state index >= 15 is 0 Å². The molecular formula is C21H21N3OS. The quantitative estimate of drug-likeness (QED) is 0.728. The van der Waals surface area contributed by atoms with E-state index in [-0.39, 0.29) is 6.61 Å². The van der Waals surface area contributed by atoms with E-state index in [9.17, 15) is 5.11 Å². The highest BCUT2D eigenvalue weighted by Gasteiger charge is 2.21. The second kappa shape index (κ2) is 7.48. The van der Waals surface area contributed by atoms with Gasteiger partial charge in [-0.15, -0.1) is 11.8 Å². The van der Waals surface area contributed by atoms with Gasteiger partial charge in [-0.25, -0.2) is 9.97 Å². The van der Waals surface area contributed by atoms with Gasteiger partial charge >= 0.3 is 0 Å². The van der Waals surface area contributed by atoms with E-state index in [2.05, 4.69) is 60.8 Å². The van der Waals surface area contributed by atoms with Crippen LogP contribution in [0.1, 0.15) is 11.1 Å². The number of nitrogens with one attached hydrogen (secondary N) is 1. The van der Waals surface area contributed by atoms with Crippen molar-refractivity contribution in [2.45, 2.75) is 18.2 Å². The average molecular weight is 363 g/mol. The molecule has 4 rings (SSSR count). The van der Waals surface area contributed by atoms with Gasteiger partial charge in [0.25, 0.3) is 0 Å². The molecule has 26 heavy (non-hydrogen) atoms. The molecule has 0 atom stereocenters. The minimum absolute atomic E-state index is 0.0734. The topological polar surface area (TPSA) is 58.0 Å². The van der Waals surface area contributed by atoms with E-state index in [1.165, 1.54) is 10.5 Å². The monoisotopic (exact) mass is 363 g/mol. The van der Waals surface area contributed by atoms with Gasteiger partial charge in [-0.1, -0.05) is 48.0 Å². The zero-order valence-corrected chi connectivity index (χ0v) is 15.5. The van der Waals surface area contributed by atoms with Crippen molar-refractivity contribution in [3.8, 4) is 22.6 Å². The highest BCUT2D eigenvalue weighted by molar-refractivity contribution is 7.99. The number of benzene rings is 2. The summed E-state index contributed by atoms with van der Waals surface area (Å²) in [6.45, 7) is 2.62. The second-order valence-corrected chi connectivity index (χ2v) is 7.47. The standard InChI is InChI=1S/C21H21N3OS/c1-14-6-8-15(9-7-14)20-23-19-16-4-2-3-5-18(16)26-13-10-17(19)21(24-20)22-11-12-25/h2-9,25H,10-13H2,1H3,(H,22,23,24). The number of thioether (sulfide) groups is 1. The third-order valence-corrected chi connectivity index (χ3v) is 5.55. The molecule has 5 heteroatoms. The van der Waals surface area contributed by atoms with Gasteiger partial charge in [-0.05, 0) is 19.4 Å². The Hall–Kier alpha value is -2.37. The van der Waals surface area contributed by atoms with Gasteiger partial charge in [-0.2, -0.15) is 0 Å². The van der Waals surface area contributed by atoms with E-state index < -0.39 is 0 Å². The summed E-state index contributed by atoms with van der Waals surface area (Å²) in [5, 5.41) is 12.5. The van der Waals surface area contributed by atoms with E-state index in [1.807, 2.05) is 11.8 Å². The molecule has 4 nitrogen and oxygen atoms in total. The highest BCUT2D eigenvalue weighted by Crippen LogP contribution is 2.39. The molecule has 0 saturated carbocycles. The molecule has 0 spiro atoms. The summed E-state index contributed by atoms with van der Waals surface area (Å²) in [6.07, 6.45) is 0.899. The van der Waals surface area contributed by atoms with Crippen molar-refractivity contribution in [2.24, 2.45) is 0 Å². The van der Waals surface area contributed by atoms with Gasteiger partial charge in [-0.3, -0.25) is 0 Å². The summed E-state index contributed by atoms with van der Waals surface area (Å²) in [5.41, 5.74) is 5.50. The van der Waals surface area contributed by atoms with Crippen LogP contribution in [-0.2, 0) is 6.42 Å². The van der Waals surface area contributed by atoms with Gasteiger partial charge in [0.2, 0.25) is 0 Å². The Morgan fingerprint density at radius 3 is 2.69 bits per heavy atom. The molecule has 0 bridgehead atoms. The third kappa shape index (κ3) is 3.32. The molecule has 0 radical (unpaired) electrons. The SMILES string of the molecule is Cc1ccc(-c2nc(NCCO)c3c(n2)-c2ccccc2SCC3)cc1. The van der Waals surface area contributed by atoms with Crippen molar-refractivity contribution in [1.29, 1.82) is 0 Å². The van der Waals surface area contributed by atoms with Crippen LogP contribution in [0.25, 0.3) is 22.6 Å². The Labute approximate surface area is 157 Å². The Morgan fingerprint density at radius 2 is 1.88 bits per heavy atom. The van der Waals surface area contributed by atoms with Crippen LogP contribution in [0, 0.1) is 6.92 Å². The van der Waals surface area contributed by atoms with E-state index in [0.29, 0.717) is 12.4 Å². The Kier molecular flexibility index (Phi) is 4.91. The van der Waals surface area contributed by atoms with Gasteiger partial charge in [0.15, 0.2) is 5.82 Å². The third-order valence-electron chi connectivity index (χ3n) is 4.47. The predicted octanol–water partition coefficient (Wildman–Crippen LogP) is 4.17. The molecule has 1 aromatic heterocycles. The van der Waals surface area contributed by atoms with Crippen LogP contribution in [0.5, 0.6) is 0 Å². The number of rotatable bonds is 4. The summed E-state index contributed by atoms with van der Waals surface area (Å²) >= 11 is 1.86. The number of aliphatic hydroxyl groups excluding tert-OH is 1. The van der Waals surface area contributed by atoms with Crippen molar-refractivity contribution in [1.82, 2.24) is 9.97 Å². The number of aromatic nitrogens is 2. The first-order chi connectivity index (χ1) is 12.8. The molecule has 0 saturated heterocycles. The number of hydrogen-bond donors (Lipinski definition) is 2. The molecule has 0 aliphatic carbocycles. The first-order valence-electron chi connectivity index (χ1n) is 8.81. The number of nitrogens with zero attached hydrogens (tertiary/aromatic N) is 2. The maximum absolute atomic E-state index is 9.25. The molecule has 3 aromatic rings. The van der Waals surface area contributed by atoms with Crippen molar-refractivity contribution in [3.05, 3.63) is 59.7 Å². The normalized spacial score (nSPS) is 12.8. The van der Waals surface area contributed by atoms with Crippen molar-refractivity contribution < 1.29 is 5.11 Å². The maximum atomic E-state index is 9.25. The fourth-order valence-corrected chi connectivity index (χ4v) is 4.17. The second-order valence-electron chi connectivity index (χ2n) is 6.33. The van der Waals surface area contributed by atoms with E-state index in [4.69, 9.17) is 9.97 Å². The maximum Gasteiger partial charge on any atom is 0.162 e. The zero-order valence-electron chi connectivity index (χ0n) is 14.7. The fraction of sp³-hybridized carbons (Fsp3) is 0.238. The number of aliphatic hydroxyl groups is 1. The van der Waals surface area contributed by atoms with Crippen molar-refractivity contribution in [2.75, 3.05) is 24.2 Å². The molecule has 2 N–H and O–H groups in total. The largest absolute Gasteiger partial charge is 0.395 e. The fourth-order valence-electron chi connectivity index (χ4n) is 3.15. The minimum Gasteiger partial charge on any atom is -0.395 e. The smallest absolute Gasteiger partial charge is 0.162 e. The van der Waals surface area contributed by atoms with Crippen LogP contribution in [0.15, 0.2) is 53.4 Å². The number of hydrogen-bond acceptors (Lipinski definition) is 5. The van der Waals surface area contributed by atoms with Crippen LogP contribution >= 0.6 is 11.8 Å². The lowest BCUT2D eigenvalue weighted by Gasteiger charge is -2.15. The zero-order chi connectivity index (χ0) is 17.9. The summed E-state index contributed by atoms with van der Waals surface area (Å²) in [6, 6.07) is 16.7. The Morgan fingerprint density at radius 1 is 1.08 bits per heavy atom. The molecule has 132 valence electrons. The predicted molar refractivity (Wildman–Crippen MR) is 108 cm³/mol. The lowest BCUT2D eigenvalue weighted by molar-refractivity contribution is 0.311. The molecule has 1 aliphatic rings. The number of aryl methyl sites for hydroxylation is 1. The van der Waals surface area contributed by atoms with E-state index in [1.54, 1.807) is 0 Å². The first kappa shape index (κ1) is 17.1. The summed E-state index contributed by atoms with van der Waals surface area (Å²) in [7, 11) is 0.